The lowest BCUT2D eigenvalue weighted by molar-refractivity contribution is 0.0211. The van der Waals surface area contributed by atoms with Crippen molar-refractivity contribution in [1.82, 2.24) is 15.5 Å². The number of ether oxygens (including phenoxy) is 1. The molecule has 5 nitrogen and oxygen atoms in total. The van der Waals surface area contributed by atoms with Crippen molar-refractivity contribution in [2.45, 2.75) is 26.4 Å². The summed E-state index contributed by atoms with van der Waals surface area (Å²) in [5, 5.41) is 8.84. The number of aliphatic imine (C=N–C) groups is 1. The number of thiophene rings is 1. The normalized spacial score (nSPS) is 17.4. The second-order valence-corrected chi connectivity index (χ2v) is 7.22. The number of guanidine groups is 1. The van der Waals surface area contributed by atoms with Gasteiger partial charge in [-0.1, -0.05) is 0 Å². The summed E-state index contributed by atoms with van der Waals surface area (Å²) in [4.78, 5) is 8.36. The van der Waals surface area contributed by atoms with E-state index in [0.717, 1.165) is 49.8 Å². The smallest absolute Gasteiger partial charge is 0.191 e. The highest BCUT2D eigenvalue weighted by Gasteiger charge is 2.16. The summed E-state index contributed by atoms with van der Waals surface area (Å²) in [6.45, 7) is 10.5. The molecular formula is C15H26BrIN4OS. The highest BCUT2D eigenvalue weighted by Crippen LogP contribution is 2.20. The molecule has 0 radical (unpaired) electrons. The van der Waals surface area contributed by atoms with Crippen molar-refractivity contribution >= 4 is 57.2 Å². The van der Waals surface area contributed by atoms with E-state index < -0.39 is 0 Å². The second-order valence-electron chi connectivity index (χ2n) is 5.30. The zero-order valence-electron chi connectivity index (χ0n) is 13.7. The first-order valence-electron chi connectivity index (χ1n) is 7.76. The van der Waals surface area contributed by atoms with Crippen LogP contribution in [0.25, 0.3) is 0 Å². The molecule has 1 fully saturated rings. The highest BCUT2D eigenvalue weighted by atomic mass is 127. The van der Waals surface area contributed by atoms with E-state index in [-0.39, 0.29) is 24.0 Å². The maximum Gasteiger partial charge on any atom is 0.191 e. The fraction of sp³-hybridized carbons (Fsp3) is 0.667. The SMILES string of the molecule is CCNC(=NCc1cc(Br)cs1)NCC(C)N1CCOCC1.I. The predicted molar refractivity (Wildman–Crippen MR) is 112 cm³/mol. The molecular weight excluding hydrogens is 491 g/mol. The molecule has 23 heavy (non-hydrogen) atoms. The van der Waals surface area contributed by atoms with Crippen molar-refractivity contribution < 1.29 is 4.74 Å². The molecule has 0 saturated carbocycles. The molecule has 1 atom stereocenters. The Hall–Kier alpha value is 0.1000. The summed E-state index contributed by atoms with van der Waals surface area (Å²) in [7, 11) is 0. The molecule has 2 heterocycles. The van der Waals surface area contributed by atoms with E-state index in [1.54, 1.807) is 11.3 Å². The number of morpholine rings is 1. The van der Waals surface area contributed by atoms with Gasteiger partial charge in [0.05, 0.1) is 19.8 Å². The Labute approximate surface area is 168 Å². The fourth-order valence-electron chi connectivity index (χ4n) is 2.33. The minimum atomic E-state index is 0. The molecule has 1 aromatic rings. The monoisotopic (exact) mass is 516 g/mol. The summed E-state index contributed by atoms with van der Waals surface area (Å²) >= 11 is 5.20. The van der Waals surface area contributed by atoms with Crippen LogP contribution in [0, 0.1) is 0 Å². The maximum atomic E-state index is 5.40. The molecule has 0 aliphatic carbocycles. The van der Waals surface area contributed by atoms with Gasteiger partial charge in [0.1, 0.15) is 0 Å². The van der Waals surface area contributed by atoms with Crippen molar-refractivity contribution in [2.75, 3.05) is 39.4 Å². The maximum absolute atomic E-state index is 5.40. The minimum absolute atomic E-state index is 0. The predicted octanol–water partition coefficient (Wildman–Crippen LogP) is 2.90. The van der Waals surface area contributed by atoms with E-state index in [1.807, 2.05) is 0 Å². The lowest BCUT2D eigenvalue weighted by atomic mass is 10.2. The molecule has 2 N–H and O–H groups in total. The van der Waals surface area contributed by atoms with Gasteiger partial charge >= 0.3 is 0 Å². The van der Waals surface area contributed by atoms with Gasteiger partial charge in [-0.25, -0.2) is 4.99 Å². The van der Waals surface area contributed by atoms with Gasteiger partial charge in [-0.15, -0.1) is 35.3 Å². The first-order chi connectivity index (χ1) is 10.7. The van der Waals surface area contributed by atoms with Crippen LogP contribution >= 0.6 is 51.2 Å². The molecule has 1 aliphatic heterocycles. The number of hydrogen-bond acceptors (Lipinski definition) is 4. The first kappa shape index (κ1) is 21.1. The van der Waals surface area contributed by atoms with Gasteiger partial charge in [0, 0.05) is 47.0 Å². The van der Waals surface area contributed by atoms with Crippen LogP contribution in [0.15, 0.2) is 20.9 Å². The van der Waals surface area contributed by atoms with E-state index >= 15 is 0 Å². The standard InChI is InChI=1S/C15H25BrN4OS.HI/c1-3-17-15(19-10-14-8-13(16)11-22-14)18-9-12(2)20-4-6-21-7-5-20;/h8,11-12H,3-7,9-10H2,1-2H3,(H2,17,18,19);1H. The zero-order chi connectivity index (χ0) is 15.8. The van der Waals surface area contributed by atoms with Crippen molar-refractivity contribution in [3.8, 4) is 0 Å². The van der Waals surface area contributed by atoms with Crippen LogP contribution in [0.5, 0.6) is 0 Å². The quantitative estimate of drug-likeness (QED) is 0.347. The van der Waals surface area contributed by atoms with Crippen LogP contribution in [0.1, 0.15) is 18.7 Å². The van der Waals surface area contributed by atoms with Crippen LogP contribution in [0.4, 0.5) is 0 Å². The summed E-state index contributed by atoms with van der Waals surface area (Å²) in [5.41, 5.74) is 0. The molecule has 0 amide bonds. The highest BCUT2D eigenvalue weighted by molar-refractivity contribution is 14.0. The molecule has 1 unspecified atom stereocenters. The molecule has 0 bridgehead atoms. The lowest BCUT2D eigenvalue weighted by Crippen LogP contribution is -2.49. The van der Waals surface area contributed by atoms with Crippen LogP contribution in [0.3, 0.4) is 0 Å². The van der Waals surface area contributed by atoms with Gasteiger partial charge in [0.25, 0.3) is 0 Å². The van der Waals surface area contributed by atoms with Gasteiger partial charge in [-0.2, -0.15) is 0 Å². The number of hydrogen-bond donors (Lipinski definition) is 2. The zero-order valence-corrected chi connectivity index (χ0v) is 18.4. The van der Waals surface area contributed by atoms with E-state index in [1.165, 1.54) is 4.88 Å². The minimum Gasteiger partial charge on any atom is -0.379 e. The molecule has 0 spiro atoms. The molecule has 1 aliphatic rings. The van der Waals surface area contributed by atoms with Crippen LogP contribution in [-0.2, 0) is 11.3 Å². The average molecular weight is 517 g/mol. The van der Waals surface area contributed by atoms with E-state index in [2.05, 4.69) is 61.7 Å². The van der Waals surface area contributed by atoms with Crippen molar-refractivity contribution in [1.29, 1.82) is 0 Å². The average Bonchev–Trinajstić information content (AvgIpc) is 2.96. The van der Waals surface area contributed by atoms with Gasteiger partial charge in [0.15, 0.2) is 5.96 Å². The van der Waals surface area contributed by atoms with Gasteiger partial charge in [-0.3, -0.25) is 4.90 Å². The van der Waals surface area contributed by atoms with E-state index in [4.69, 9.17) is 4.74 Å². The molecule has 0 aromatic carbocycles. The van der Waals surface area contributed by atoms with E-state index in [0.29, 0.717) is 12.6 Å². The topological polar surface area (TPSA) is 48.9 Å². The molecule has 132 valence electrons. The molecule has 1 saturated heterocycles. The lowest BCUT2D eigenvalue weighted by Gasteiger charge is -2.32. The summed E-state index contributed by atoms with van der Waals surface area (Å²) in [6.07, 6.45) is 0. The van der Waals surface area contributed by atoms with Gasteiger partial charge in [0.2, 0.25) is 0 Å². The molecule has 8 heteroatoms. The summed E-state index contributed by atoms with van der Waals surface area (Å²) < 4.78 is 6.53. The number of halogens is 2. The number of rotatable bonds is 6. The third kappa shape index (κ3) is 7.68. The first-order valence-corrected chi connectivity index (χ1v) is 9.43. The third-order valence-electron chi connectivity index (χ3n) is 3.59. The Bertz CT molecular complexity index is 480. The van der Waals surface area contributed by atoms with Crippen LogP contribution in [-0.4, -0.2) is 56.3 Å². The van der Waals surface area contributed by atoms with Crippen molar-refractivity contribution in [3.05, 3.63) is 20.8 Å². The van der Waals surface area contributed by atoms with Crippen molar-refractivity contribution in [2.24, 2.45) is 4.99 Å². The number of nitrogens with zero attached hydrogens (tertiary/aromatic N) is 2. The summed E-state index contributed by atoms with van der Waals surface area (Å²) in [6, 6.07) is 2.59. The molecule has 1 aromatic heterocycles. The Morgan fingerprint density at radius 1 is 1.43 bits per heavy atom. The van der Waals surface area contributed by atoms with Gasteiger partial charge < -0.3 is 15.4 Å². The third-order valence-corrected chi connectivity index (χ3v) is 5.28. The van der Waals surface area contributed by atoms with Gasteiger partial charge in [-0.05, 0) is 35.8 Å². The fourth-order valence-corrected chi connectivity index (χ4v) is 3.70. The Kier molecular flexibility index (Phi) is 10.7. The second kappa shape index (κ2) is 11.6. The largest absolute Gasteiger partial charge is 0.379 e. The Balaban J connectivity index is 0.00000264. The summed E-state index contributed by atoms with van der Waals surface area (Å²) in [5.74, 6) is 0.882. The van der Waals surface area contributed by atoms with Crippen LogP contribution in [0.2, 0.25) is 0 Å². The number of nitrogens with one attached hydrogen (secondary N) is 2. The van der Waals surface area contributed by atoms with Crippen LogP contribution < -0.4 is 10.6 Å². The van der Waals surface area contributed by atoms with E-state index in [9.17, 15) is 0 Å². The Morgan fingerprint density at radius 3 is 2.78 bits per heavy atom. The molecule has 2 rings (SSSR count). The Morgan fingerprint density at radius 2 is 2.17 bits per heavy atom. The van der Waals surface area contributed by atoms with Crippen molar-refractivity contribution in [3.63, 3.8) is 0 Å².